The van der Waals surface area contributed by atoms with E-state index < -0.39 is 6.10 Å². The topological polar surface area (TPSA) is 29.5 Å². The van der Waals surface area contributed by atoms with Gasteiger partial charge in [-0.25, -0.2) is 0 Å². The predicted octanol–water partition coefficient (Wildman–Crippen LogP) is 3.26. The smallest absolute Gasteiger partial charge is 0.0762 e. The van der Waals surface area contributed by atoms with Gasteiger partial charge in [0.25, 0.3) is 0 Å². The van der Waals surface area contributed by atoms with Gasteiger partial charge in [0.15, 0.2) is 0 Å². The van der Waals surface area contributed by atoms with E-state index in [0.717, 1.165) is 17.9 Å². The lowest BCUT2D eigenvalue weighted by Gasteiger charge is -2.09. The van der Waals surface area contributed by atoms with E-state index in [9.17, 15) is 5.11 Å². The molecular weight excluding hydrogens is 220 g/mol. The number of benzene rings is 1. The Morgan fingerprint density at radius 2 is 2.06 bits per heavy atom. The van der Waals surface area contributed by atoms with Gasteiger partial charge in [0, 0.05) is 10.6 Å². The number of hydrogen-bond acceptors (Lipinski definition) is 3. The van der Waals surface area contributed by atoms with E-state index in [4.69, 9.17) is 4.74 Å². The molecule has 0 radical (unpaired) electrons. The second kappa shape index (κ2) is 6.94. The summed E-state index contributed by atoms with van der Waals surface area (Å²) >= 11 is 1.76. The molecule has 0 spiro atoms. The molecule has 16 heavy (non-hydrogen) atoms. The SMILES string of the molecule is CC(C)OCCSc1cccc(C(C)O)c1. The average Bonchev–Trinajstić information content (AvgIpc) is 2.24. The van der Waals surface area contributed by atoms with E-state index in [1.165, 1.54) is 4.90 Å². The van der Waals surface area contributed by atoms with Crippen LogP contribution in [-0.2, 0) is 4.74 Å². The highest BCUT2D eigenvalue weighted by Gasteiger charge is 2.02. The highest BCUT2D eigenvalue weighted by Crippen LogP contribution is 2.22. The minimum absolute atomic E-state index is 0.296. The van der Waals surface area contributed by atoms with E-state index in [2.05, 4.69) is 6.07 Å². The van der Waals surface area contributed by atoms with Crippen LogP contribution in [-0.4, -0.2) is 23.6 Å². The normalized spacial score (nSPS) is 13.1. The van der Waals surface area contributed by atoms with Crippen molar-refractivity contribution in [3.8, 4) is 0 Å². The van der Waals surface area contributed by atoms with Gasteiger partial charge in [0.05, 0.1) is 18.8 Å². The average molecular weight is 240 g/mol. The molecule has 0 bridgehead atoms. The van der Waals surface area contributed by atoms with Crippen LogP contribution in [0.4, 0.5) is 0 Å². The van der Waals surface area contributed by atoms with Gasteiger partial charge in [-0.3, -0.25) is 0 Å². The quantitative estimate of drug-likeness (QED) is 0.611. The van der Waals surface area contributed by atoms with Gasteiger partial charge < -0.3 is 9.84 Å². The summed E-state index contributed by atoms with van der Waals surface area (Å²) in [5, 5.41) is 9.46. The van der Waals surface area contributed by atoms with E-state index in [0.29, 0.717) is 6.10 Å². The molecule has 0 fully saturated rings. The number of aliphatic hydroxyl groups is 1. The zero-order valence-electron chi connectivity index (χ0n) is 10.1. The first kappa shape index (κ1) is 13.6. The molecule has 90 valence electrons. The maximum absolute atomic E-state index is 9.46. The van der Waals surface area contributed by atoms with Crippen molar-refractivity contribution < 1.29 is 9.84 Å². The van der Waals surface area contributed by atoms with E-state index in [1.54, 1.807) is 18.7 Å². The van der Waals surface area contributed by atoms with Crippen LogP contribution in [0.25, 0.3) is 0 Å². The van der Waals surface area contributed by atoms with E-state index in [-0.39, 0.29) is 0 Å². The molecule has 0 saturated heterocycles. The number of hydrogen-bond donors (Lipinski definition) is 1. The minimum atomic E-state index is -0.396. The van der Waals surface area contributed by atoms with Crippen LogP contribution in [0.15, 0.2) is 29.2 Å². The van der Waals surface area contributed by atoms with Crippen molar-refractivity contribution in [2.75, 3.05) is 12.4 Å². The molecule has 1 atom stereocenters. The van der Waals surface area contributed by atoms with Gasteiger partial charge in [-0.15, -0.1) is 11.8 Å². The van der Waals surface area contributed by atoms with Crippen molar-refractivity contribution in [2.45, 2.75) is 37.9 Å². The maximum atomic E-state index is 9.46. The summed E-state index contributed by atoms with van der Waals surface area (Å²) in [6.07, 6.45) is -0.100. The number of aliphatic hydroxyl groups excluding tert-OH is 1. The highest BCUT2D eigenvalue weighted by atomic mass is 32.2. The zero-order chi connectivity index (χ0) is 12.0. The molecule has 1 aromatic rings. The van der Waals surface area contributed by atoms with Crippen molar-refractivity contribution in [1.29, 1.82) is 0 Å². The first-order valence-corrected chi connectivity index (χ1v) is 6.60. The minimum Gasteiger partial charge on any atom is -0.389 e. The molecule has 3 heteroatoms. The summed E-state index contributed by atoms with van der Waals surface area (Å²) in [6.45, 7) is 6.63. The summed E-state index contributed by atoms with van der Waals surface area (Å²) in [6, 6.07) is 8.02. The second-order valence-corrected chi connectivity index (χ2v) is 5.18. The van der Waals surface area contributed by atoms with Crippen LogP contribution in [0.2, 0.25) is 0 Å². The molecule has 1 N–H and O–H groups in total. The molecule has 1 rings (SSSR count). The molecule has 0 heterocycles. The Hall–Kier alpha value is -0.510. The van der Waals surface area contributed by atoms with Crippen LogP contribution in [0.3, 0.4) is 0 Å². The Kier molecular flexibility index (Phi) is 5.88. The Morgan fingerprint density at radius 1 is 1.31 bits per heavy atom. The molecule has 2 nitrogen and oxygen atoms in total. The third-order valence-electron chi connectivity index (χ3n) is 2.14. The Morgan fingerprint density at radius 3 is 2.69 bits per heavy atom. The zero-order valence-corrected chi connectivity index (χ0v) is 11.0. The van der Waals surface area contributed by atoms with Crippen molar-refractivity contribution in [3.63, 3.8) is 0 Å². The van der Waals surface area contributed by atoms with Crippen LogP contribution in [0, 0.1) is 0 Å². The highest BCUT2D eigenvalue weighted by molar-refractivity contribution is 7.99. The largest absolute Gasteiger partial charge is 0.389 e. The van der Waals surface area contributed by atoms with E-state index >= 15 is 0 Å². The maximum Gasteiger partial charge on any atom is 0.0762 e. The molecule has 1 unspecified atom stereocenters. The van der Waals surface area contributed by atoms with Crippen molar-refractivity contribution in [2.24, 2.45) is 0 Å². The monoisotopic (exact) mass is 240 g/mol. The third-order valence-corrected chi connectivity index (χ3v) is 3.10. The molecule has 0 aliphatic heterocycles. The summed E-state index contributed by atoms with van der Waals surface area (Å²) in [5.74, 6) is 0.946. The molecule has 0 aliphatic carbocycles. The van der Waals surface area contributed by atoms with Crippen molar-refractivity contribution in [1.82, 2.24) is 0 Å². The van der Waals surface area contributed by atoms with Crippen LogP contribution < -0.4 is 0 Å². The molecule has 1 aromatic carbocycles. The lowest BCUT2D eigenvalue weighted by molar-refractivity contribution is 0.0920. The second-order valence-electron chi connectivity index (χ2n) is 4.02. The van der Waals surface area contributed by atoms with Crippen molar-refractivity contribution in [3.05, 3.63) is 29.8 Å². The number of rotatable bonds is 6. The van der Waals surface area contributed by atoms with Crippen LogP contribution in [0.1, 0.15) is 32.4 Å². The van der Waals surface area contributed by atoms with Crippen LogP contribution in [0.5, 0.6) is 0 Å². The number of ether oxygens (including phenoxy) is 1. The fourth-order valence-electron chi connectivity index (χ4n) is 1.31. The Labute approximate surface area is 102 Å². The van der Waals surface area contributed by atoms with Gasteiger partial charge >= 0.3 is 0 Å². The van der Waals surface area contributed by atoms with Gasteiger partial charge in [-0.05, 0) is 38.5 Å². The standard InChI is InChI=1S/C13H20O2S/c1-10(2)15-7-8-16-13-6-4-5-12(9-13)11(3)14/h4-6,9-11,14H,7-8H2,1-3H3. The van der Waals surface area contributed by atoms with Gasteiger partial charge in [-0.2, -0.15) is 0 Å². The first-order valence-electron chi connectivity index (χ1n) is 5.62. The Bertz CT molecular complexity index is 311. The van der Waals surface area contributed by atoms with Gasteiger partial charge in [-0.1, -0.05) is 12.1 Å². The lowest BCUT2D eigenvalue weighted by Crippen LogP contribution is -2.05. The summed E-state index contributed by atoms with van der Waals surface area (Å²) in [5.41, 5.74) is 0.967. The summed E-state index contributed by atoms with van der Waals surface area (Å²) < 4.78 is 5.47. The first-order chi connectivity index (χ1) is 7.59. The summed E-state index contributed by atoms with van der Waals surface area (Å²) in [7, 11) is 0. The fourth-order valence-corrected chi connectivity index (χ4v) is 2.12. The summed E-state index contributed by atoms with van der Waals surface area (Å²) in [4.78, 5) is 1.19. The molecule has 0 amide bonds. The molecular formula is C13H20O2S. The molecule has 0 aromatic heterocycles. The fraction of sp³-hybridized carbons (Fsp3) is 0.538. The lowest BCUT2D eigenvalue weighted by atomic mass is 10.1. The molecule has 0 saturated carbocycles. The molecule has 0 aliphatic rings. The number of thioether (sulfide) groups is 1. The van der Waals surface area contributed by atoms with E-state index in [1.807, 2.05) is 32.0 Å². The predicted molar refractivity (Wildman–Crippen MR) is 68.9 cm³/mol. The van der Waals surface area contributed by atoms with Gasteiger partial charge in [0.2, 0.25) is 0 Å². The van der Waals surface area contributed by atoms with Gasteiger partial charge in [0.1, 0.15) is 0 Å². The Balaban J connectivity index is 2.39. The third kappa shape index (κ3) is 5.01. The van der Waals surface area contributed by atoms with Crippen molar-refractivity contribution >= 4 is 11.8 Å². The van der Waals surface area contributed by atoms with Crippen LogP contribution >= 0.6 is 11.8 Å².